The smallest absolute Gasteiger partial charge is 0.271 e. The summed E-state index contributed by atoms with van der Waals surface area (Å²) in [4.78, 5) is 12.1. The summed E-state index contributed by atoms with van der Waals surface area (Å²) in [6.07, 6.45) is 1.37. The van der Waals surface area contributed by atoms with Gasteiger partial charge in [0.15, 0.2) is 11.5 Å². The number of phenolic OH excluding ortho intramolecular Hbond substituents is 1. The van der Waals surface area contributed by atoms with Crippen LogP contribution in [0.3, 0.4) is 0 Å². The summed E-state index contributed by atoms with van der Waals surface area (Å²) in [6, 6.07) is 12.5. The highest BCUT2D eigenvalue weighted by molar-refractivity contribution is 5.95. The standard InChI is InChI=1S/C19H22N2O3/c1-19(2,3)15-10-8-13(9-11-15)18(23)21-20-12-14-6-5-7-16(24-4)17(14)22/h5-12,22H,1-4H3,(H,21,23). The molecule has 0 bridgehead atoms. The number of hydrazone groups is 1. The highest BCUT2D eigenvalue weighted by Gasteiger charge is 2.14. The first-order valence-corrected chi connectivity index (χ1v) is 7.63. The Bertz CT molecular complexity index is 744. The lowest BCUT2D eigenvalue weighted by molar-refractivity contribution is 0.0955. The fourth-order valence-electron chi connectivity index (χ4n) is 2.15. The summed E-state index contributed by atoms with van der Waals surface area (Å²) < 4.78 is 5.02. The minimum absolute atomic E-state index is 0.0208. The molecule has 1 amide bonds. The zero-order valence-electron chi connectivity index (χ0n) is 14.3. The van der Waals surface area contributed by atoms with E-state index >= 15 is 0 Å². The van der Waals surface area contributed by atoms with Crippen molar-refractivity contribution in [3.05, 3.63) is 59.2 Å². The van der Waals surface area contributed by atoms with Crippen molar-refractivity contribution in [1.82, 2.24) is 5.43 Å². The van der Waals surface area contributed by atoms with Gasteiger partial charge < -0.3 is 9.84 Å². The van der Waals surface area contributed by atoms with Crippen LogP contribution < -0.4 is 10.2 Å². The van der Waals surface area contributed by atoms with E-state index in [-0.39, 0.29) is 17.1 Å². The topological polar surface area (TPSA) is 70.9 Å². The highest BCUT2D eigenvalue weighted by atomic mass is 16.5. The summed E-state index contributed by atoms with van der Waals surface area (Å²) in [5.74, 6) is 0.0182. The van der Waals surface area contributed by atoms with E-state index < -0.39 is 0 Å². The number of carbonyl (C=O) groups is 1. The summed E-state index contributed by atoms with van der Waals surface area (Å²) in [5.41, 5.74) is 4.62. The second-order valence-corrected chi connectivity index (χ2v) is 6.42. The van der Waals surface area contributed by atoms with E-state index in [1.165, 1.54) is 13.3 Å². The molecule has 0 saturated heterocycles. The quantitative estimate of drug-likeness (QED) is 0.667. The third-order valence-corrected chi connectivity index (χ3v) is 3.63. The lowest BCUT2D eigenvalue weighted by atomic mass is 9.87. The number of phenols is 1. The fourth-order valence-corrected chi connectivity index (χ4v) is 2.15. The maximum Gasteiger partial charge on any atom is 0.271 e. The number of hydrogen-bond acceptors (Lipinski definition) is 4. The number of nitrogens with one attached hydrogen (secondary N) is 1. The zero-order valence-corrected chi connectivity index (χ0v) is 14.3. The molecular weight excluding hydrogens is 304 g/mol. The number of methoxy groups -OCH3 is 1. The van der Waals surface area contributed by atoms with Gasteiger partial charge in [0.2, 0.25) is 0 Å². The largest absolute Gasteiger partial charge is 0.504 e. The molecule has 126 valence electrons. The Labute approximate surface area is 142 Å². The minimum Gasteiger partial charge on any atom is -0.504 e. The first kappa shape index (κ1) is 17.5. The number of amides is 1. The molecule has 0 aliphatic carbocycles. The third kappa shape index (κ3) is 4.13. The van der Waals surface area contributed by atoms with Gasteiger partial charge in [0.05, 0.1) is 13.3 Å². The summed E-state index contributed by atoms with van der Waals surface area (Å²) in [6.45, 7) is 6.35. The van der Waals surface area contributed by atoms with Gasteiger partial charge in [-0.1, -0.05) is 39.0 Å². The first-order valence-electron chi connectivity index (χ1n) is 7.63. The number of para-hydroxylation sites is 1. The number of ether oxygens (including phenoxy) is 1. The molecule has 0 spiro atoms. The van der Waals surface area contributed by atoms with Crippen LogP contribution in [0.1, 0.15) is 42.3 Å². The molecule has 5 nitrogen and oxygen atoms in total. The maximum absolute atomic E-state index is 12.1. The van der Waals surface area contributed by atoms with Crippen molar-refractivity contribution >= 4 is 12.1 Å². The molecule has 0 radical (unpaired) electrons. The molecule has 0 fully saturated rings. The van der Waals surface area contributed by atoms with Gasteiger partial charge in [0.25, 0.3) is 5.91 Å². The number of benzene rings is 2. The summed E-state index contributed by atoms with van der Waals surface area (Å²) in [5, 5.41) is 13.8. The van der Waals surface area contributed by atoms with Crippen molar-refractivity contribution in [3.8, 4) is 11.5 Å². The lowest BCUT2D eigenvalue weighted by Gasteiger charge is -2.18. The zero-order chi connectivity index (χ0) is 17.7. The van der Waals surface area contributed by atoms with Crippen LogP contribution in [0, 0.1) is 0 Å². The van der Waals surface area contributed by atoms with Crippen molar-refractivity contribution in [3.63, 3.8) is 0 Å². The van der Waals surface area contributed by atoms with Crippen LogP contribution >= 0.6 is 0 Å². The molecule has 0 atom stereocenters. The van der Waals surface area contributed by atoms with Crippen molar-refractivity contribution in [2.45, 2.75) is 26.2 Å². The molecule has 2 N–H and O–H groups in total. The van der Waals surface area contributed by atoms with Crippen LogP contribution in [0.2, 0.25) is 0 Å². The van der Waals surface area contributed by atoms with Crippen molar-refractivity contribution in [2.24, 2.45) is 5.10 Å². The van der Waals surface area contributed by atoms with E-state index in [1.807, 2.05) is 12.1 Å². The molecule has 0 unspecified atom stereocenters. The number of aromatic hydroxyl groups is 1. The summed E-state index contributed by atoms with van der Waals surface area (Å²) >= 11 is 0. The second-order valence-electron chi connectivity index (χ2n) is 6.42. The monoisotopic (exact) mass is 326 g/mol. The van der Waals surface area contributed by atoms with Crippen LogP contribution in [0.4, 0.5) is 0 Å². The van der Waals surface area contributed by atoms with Crippen molar-refractivity contribution in [1.29, 1.82) is 0 Å². The molecule has 0 aromatic heterocycles. The molecule has 2 aromatic rings. The number of nitrogens with zero attached hydrogens (tertiary/aromatic N) is 1. The Morgan fingerprint density at radius 1 is 1.17 bits per heavy atom. The van der Waals surface area contributed by atoms with Gasteiger partial charge in [-0.2, -0.15) is 5.10 Å². The van der Waals surface area contributed by atoms with Crippen LogP contribution in [0.5, 0.6) is 11.5 Å². The molecule has 2 rings (SSSR count). The molecule has 0 saturated carbocycles. The van der Waals surface area contributed by atoms with E-state index in [2.05, 4.69) is 31.3 Å². The third-order valence-electron chi connectivity index (χ3n) is 3.63. The molecule has 24 heavy (non-hydrogen) atoms. The number of carbonyl (C=O) groups excluding carboxylic acids is 1. The number of rotatable bonds is 4. The Morgan fingerprint density at radius 2 is 1.83 bits per heavy atom. The van der Waals surface area contributed by atoms with Gasteiger partial charge in [-0.15, -0.1) is 0 Å². The van der Waals surface area contributed by atoms with Crippen molar-refractivity contribution < 1.29 is 14.6 Å². The first-order chi connectivity index (χ1) is 11.3. The Hall–Kier alpha value is -2.82. The average Bonchev–Trinajstić information content (AvgIpc) is 2.55. The Kier molecular flexibility index (Phi) is 5.24. The molecular formula is C19H22N2O3. The SMILES string of the molecule is COc1cccc(C=NNC(=O)c2ccc(C(C)(C)C)cc2)c1O. The van der Waals surface area contributed by atoms with Gasteiger partial charge in [0, 0.05) is 11.1 Å². The van der Waals surface area contributed by atoms with Crippen LogP contribution in [0.25, 0.3) is 0 Å². The molecule has 0 aliphatic rings. The van der Waals surface area contributed by atoms with E-state index in [4.69, 9.17) is 4.74 Å². The van der Waals surface area contributed by atoms with Gasteiger partial charge in [-0.05, 0) is 35.2 Å². The Balaban J connectivity index is 2.05. The van der Waals surface area contributed by atoms with Crippen molar-refractivity contribution in [2.75, 3.05) is 7.11 Å². The van der Waals surface area contributed by atoms with E-state index in [1.54, 1.807) is 30.3 Å². The van der Waals surface area contributed by atoms with Crippen LogP contribution in [-0.2, 0) is 5.41 Å². The minimum atomic E-state index is -0.311. The second kappa shape index (κ2) is 7.17. The maximum atomic E-state index is 12.1. The molecule has 2 aromatic carbocycles. The summed E-state index contributed by atoms with van der Waals surface area (Å²) in [7, 11) is 1.47. The normalized spacial score (nSPS) is 11.5. The van der Waals surface area contributed by atoms with Gasteiger partial charge >= 0.3 is 0 Å². The Morgan fingerprint density at radius 3 is 2.42 bits per heavy atom. The van der Waals surface area contributed by atoms with Gasteiger partial charge in [-0.25, -0.2) is 5.43 Å². The fraction of sp³-hybridized carbons (Fsp3) is 0.263. The highest BCUT2D eigenvalue weighted by Crippen LogP contribution is 2.28. The molecule has 5 heteroatoms. The van der Waals surface area contributed by atoms with E-state index in [9.17, 15) is 9.90 Å². The predicted molar refractivity (Wildman–Crippen MR) is 94.9 cm³/mol. The van der Waals surface area contributed by atoms with Crippen LogP contribution in [-0.4, -0.2) is 24.3 Å². The van der Waals surface area contributed by atoms with Gasteiger partial charge in [-0.3, -0.25) is 4.79 Å². The van der Waals surface area contributed by atoms with E-state index in [0.29, 0.717) is 16.9 Å². The van der Waals surface area contributed by atoms with Crippen LogP contribution in [0.15, 0.2) is 47.6 Å². The van der Waals surface area contributed by atoms with E-state index in [0.717, 1.165) is 5.56 Å². The lowest BCUT2D eigenvalue weighted by Crippen LogP contribution is -2.18. The molecule has 0 heterocycles. The average molecular weight is 326 g/mol. The van der Waals surface area contributed by atoms with Gasteiger partial charge in [0.1, 0.15) is 0 Å². The predicted octanol–water partition coefficient (Wildman–Crippen LogP) is 3.46. The molecule has 0 aliphatic heterocycles. The number of hydrogen-bond donors (Lipinski definition) is 2.